The van der Waals surface area contributed by atoms with Crippen molar-refractivity contribution in [1.82, 2.24) is 5.32 Å². The van der Waals surface area contributed by atoms with Crippen molar-refractivity contribution in [2.24, 2.45) is 11.3 Å². The van der Waals surface area contributed by atoms with Crippen LogP contribution in [0.5, 0.6) is 0 Å². The minimum atomic E-state index is -0.253. The zero-order valence-electron chi connectivity index (χ0n) is 16.8. The Balaban J connectivity index is 1.75. The molecule has 1 amide bonds. The maximum atomic E-state index is 12.5. The average Bonchev–Trinajstić information content (AvgIpc) is 3.03. The van der Waals surface area contributed by atoms with Crippen LogP contribution in [-0.2, 0) is 12.8 Å². The molecule has 0 saturated carbocycles. The number of amides is 1. The van der Waals surface area contributed by atoms with Gasteiger partial charge in [0.2, 0.25) is 0 Å². The lowest BCUT2D eigenvalue weighted by Crippen LogP contribution is -2.34. The van der Waals surface area contributed by atoms with Gasteiger partial charge in [-0.05, 0) is 83.1 Å². The highest BCUT2D eigenvalue weighted by molar-refractivity contribution is 14.1. The second-order valence-electron chi connectivity index (χ2n) is 7.99. The van der Waals surface area contributed by atoms with Crippen molar-refractivity contribution in [3.05, 3.63) is 49.4 Å². The number of benzene rings is 1. The van der Waals surface area contributed by atoms with Crippen molar-refractivity contribution in [2.45, 2.75) is 46.5 Å². The Bertz CT molecular complexity index is 990. The second-order valence-corrected chi connectivity index (χ2v) is 10.7. The van der Waals surface area contributed by atoms with Gasteiger partial charge in [0, 0.05) is 8.45 Å². The van der Waals surface area contributed by atoms with Crippen LogP contribution in [0.1, 0.15) is 60.0 Å². The monoisotopic (exact) mass is 537 g/mol. The number of nitriles is 1. The van der Waals surface area contributed by atoms with Gasteiger partial charge in [-0.25, -0.2) is 0 Å². The lowest BCUT2D eigenvalue weighted by atomic mass is 9.69. The third-order valence-corrected chi connectivity index (χ3v) is 8.28. The van der Waals surface area contributed by atoms with Gasteiger partial charge in [-0.1, -0.05) is 39.3 Å². The first-order valence-electron chi connectivity index (χ1n) is 9.68. The molecule has 2 aromatic rings. The van der Waals surface area contributed by atoms with E-state index in [4.69, 9.17) is 12.2 Å². The van der Waals surface area contributed by atoms with Crippen LogP contribution < -0.4 is 10.6 Å². The van der Waals surface area contributed by atoms with E-state index in [0.29, 0.717) is 17.0 Å². The van der Waals surface area contributed by atoms with Gasteiger partial charge in [0.25, 0.3) is 5.91 Å². The summed E-state index contributed by atoms with van der Waals surface area (Å²) in [6.45, 7) is 6.90. The van der Waals surface area contributed by atoms with Crippen LogP contribution in [0.3, 0.4) is 0 Å². The van der Waals surface area contributed by atoms with Gasteiger partial charge in [-0.3, -0.25) is 10.1 Å². The molecule has 4 nitrogen and oxygen atoms in total. The molecule has 152 valence electrons. The average molecular weight is 537 g/mol. The largest absolute Gasteiger partial charge is 0.323 e. The van der Waals surface area contributed by atoms with Crippen molar-refractivity contribution in [3.63, 3.8) is 0 Å². The number of carbonyl (C=O) groups excluding carboxylic acids is 1. The summed E-state index contributed by atoms with van der Waals surface area (Å²) >= 11 is 9.08. The summed E-state index contributed by atoms with van der Waals surface area (Å²) in [4.78, 5) is 13.8. The third-order valence-electron chi connectivity index (χ3n) is 5.97. The van der Waals surface area contributed by atoms with Crippen LogP contribution in [0.25, 0.3) is 0 Å². The number of hydrogen-bond donors (Lipinski definition) is 2. The zero-order valence-corrected chi connectivity index (χ0v) is 20.6. The van der Waals surface area contributed by atoms with Crippen LogP contribution in [0.15, 0.2) is 24.3 Å². The molecule has 1 aromatic heterocycles. The SMILES string of the molecule is CCC(C)(C)[C@H]1CCc2c(sc(NC(=S)NC(=O)c3ccccc3I)c2C#N)C1. The normalized spacial score (nSPS) is 15.9. The topological polar surface area (TPSA) is 64.9 Å². The molecule has 0 saturated heterocycles. The Morgan fingerprint density at radius 1 is 1.41 bits per heavy atom. The molecule has 0 bridgehead atoms. The molecule has 1 atom stereocenters. The van der Waals surface area contributed by atoms with Gasteiger partial charge in [-0.2, -0.15) is 5.26 Å². The molecule has 1 aliphatic rings. The maximum Gasteiger partial charge on any atom is 0.258 e. The fraction of sp³-hybridized carbons (Fsp3) is 0.409. The van der Waals surface area contributed by atoms with Crippen molar-refractivity contribution >= 4 is 62.2 Å². The summed E-state index contributed by atoms with van der Waals surface area (Å²) in [6.07, 6.45) is 4.17. The van der Waals surface area contributed by atoms with E-state index < -0.39 is 0 Å². The molecule has 0 unspecified atom stereocenters. The van der Waals surface area contributed by atoms with E-state index in [1.807, 2.05) is 18.2 Å². The van der Waals surface area contributed by atoms with Crippen LogP contribution in [0.4, 0.5) is 5.00 Å². The zero-order chi connectivity index (χ0) is 21.2. The van der Waals surface area contributed by atoms with Crippen molar-refractivity contribution in [3.8, 4) is 6.07 Å². The Hall–Kier alpha value is -1.50. The number of fused-ring (bicyclic) bond motifs is 1. The first kappa shape index (κ1) is 22.2. The van der Waals surface area contributed by atoms with E-state index >= 15 is 0 Å². The number of thiophene rings is 1. The molecular weight excluding hydrogens is 513 g/mol. The molecule has 0 spiro atoms. The number of thiocarbonyl (C=S) groups is 1. The fourth-order valence-corrected chi connectivity index (χ4v) is 5.87. The Labute approximate surface area is 195 Å². The number of anilines is 1. The molecule has 7 heteroatoms. The minimum Gasteiger partial charge on any atom is -0.323 e. The Kier molecular flexibility index (Phi) is 6.97. The summed E-state index contributed by atoms with van der Waals surface area (Å²) < 4.78 is 0.860. The van der Waals surface area contributed by atoms with E-state index in [2.05, 4.69) is 60.1 Å². The highest BCUT2D eigenvalue weighted by Gasteiger charge is 2.34. The molecule has 29 heavy (non-hydrogen) atoms. The quantitative estimate of drug-likeness (QED) is 0.377. The molecule has 0 radical (unpaired) electrons. The van der Waals surface area contributed by atoms with Gasteiger partial charge in [0.1, 0.15) is 11.1 Å². The van der Waals surface area contributed by atoms with Gasteiger partial charge >= 0.3 is 0 Å². The number of rotatable bonds is 4. The van der Waals surface area contributed by atoms with E-state index in [9.17, 15) is 10.1 Å². The summed E-state index contributed by atoms with van der Waals surface area (Å²) in [7, 11) is 0. The highest BCUT2D eigenvalue weighted by atomic mass is 127. The standard InChI is InChI=1S/C22H24IN3OS2/c1-4-22(2,3)13-9-10-14-16(12-24)20(29-18(14)11-13)26-21(28)25-19(27)15-7-5-6-8-17(15)23/h5-8,13H,4,9-11H2,1-3H3,(H2,25,26,27,28)/t13-/m0/s1. The number of hydrogen-bond acceptors (Lipinski definition) is 4. The molecule has 1 heterocycles. The smallest absolute Gasteiger partial charge is 0.258 e. The first-order chi connectivity index (χ1) is 13.8. The van der Waals surface area contributed by atoms with E-state index in [-0.39, 0.29) is 16.4 Å². The number of nitrogens with one attached hydrogen (secondary N) is 2. The van der Waals surface area contributed by atoms with Gasteiger partial charge in [0.15, 0.2) is 5.11 Å². The third kappa shape index (κ3) is 4.81. The summed E-state index contributed by atoms with van der Waals surface area (Å²) in [5.74, 6) is 0.363. The second kappa shape index (κ2) is 9.11. The molecule has 1 aliphatic carbocycles. The molecule has 0 aliphatic heterocycles. The first-order valence-corrected chi connectivity index (χ1v) is 12.0. The van der Waals surface area contributed by atoms with Crippen LogP contribution >= 0.6 is 46.1 Å². The molecule has 2 N–H and O–H groups in total. The maximum absolute atomic E-state index is 12.5. The Morgan fingerprint density at radius 3 is 2.79 bits per heavy atom. The van der Waals surface area contributed by atoms with Crippen molar-refractivity contribution < 1.29 is 4.79 Å². The highest BCUT2D eigenvalue weighted by Crippen LogP contribution is 2.45. The summed E-state index contributed by atoms with van der Waals surface area (Å²) in [6, 6.07) is 9.69. The molecule has 1 aromatic carbocycles. The summed E-state index contributed by atoms with van der Waals surface area (Å²) in [5.41, 5.74) is 2.68. The van der Waals surface area contributed by atoms with Crippen LogP contribution in [0, 0.1) is 26.2 Å². The molecule has 0 fully saturated rings. The van der Waals surface area contributed by atoms with Gasteiger partial charge in [0.05, 0.1) is 11.1 Å². The minimum absolute atomic E-state index is 0.218. The van der Waals surface area contributed by atoms with Crippen molar-refractivity contribution in [1.29, 1.82) is 5.26 Å². The lowest BCUT2D eigenvalue weighted by Gasteiger charge is -2.36. The number of carbonyl (C=O) groups is 1. The van der Waals surface area contributed by atoms with Gasteiger partial charge in [-0.15, -0.1) is 11.3 Å². The predicted octanol–water partition coefficient (Wildman–Crippen LogP) is 5.89. The van der Waals surface area contributed by atoms with E-state index in [1.165, 1.54) is 4.88 Å². The van der Waals surface area contributed by atoms with Crippen LogP contribution in [-0.4, -0.2) is 11.0 Å². The molecular formula is C22H24IN3OS2. The van der Waals surface area contributed by atoms with E-state index in [0.717, 1.165) is 39.8 Å². The van der Waals surface area contributed by atoms with E-state index in [1.54, 1.807) is 17.4 Å². The molecule has 3 rings (SSSR count). The van der Waals surface area contributed by atoms with Crippen LogP contribution in [0.2, 0.25) is 0 Å². The summed E-state index contributed by atoms with van der Waals surface area (Å²) in [5, 5.41) is 16.5. The Morgan fingerprint density at radius 2 is 2.14 bits per heavy atom. The number of nitrogens with zero attached hydrogens (tertiary/aromatic N) is 1. The number of halogens is 1. The predicted molar refractivity (Wildman–Crippen MR) is 131 cm³/mol. The van der Waals surface area contributed by atoms with Crippen molar-refractivity contribution in [2.75, 3.05) is 5.32 Å². The fourth-order valence-electron chi connectivity index (χ4n) is 3.70. The van der Waals surface area contributed by atoms with Gasteiger partial charge < -0.3 is 5.32 Å². The lowest BCUT2D eigenvalue weighted by molar-refractivity contribution is 0.0977.